The summed E-state index contributed by atoms with van der Waals surface area (Å²) in [6, 6.07) is 2.04. The van der Waals surface area contributed by atoms with E-state index in [-0.39, 0.29) is 17.4 Å². The third-order valence-electron chi connectivity index (χ3n) is 3.62. The number of amides is 1. The lowest BCUT2D eigenvalue weighted by atomic mass is 9.74. The van der Waals surface area contributed by atoms with Crippen molar-refractivity contribution >= 4 is 17.2 Å². The van der Waals surface area contributed by atoms with Gasteiger partial charge in [0, 0.05) is 12.1 Å². The van der Waals surface area contributed by atoms with E-state index in [2.05, 4.69) is 10.7 Å². The van der Waals surface area contributed by atoms with Crippen LogP contribution in [0.25, 0.3) is 0 Å². The molecule has 3 N–H and O–H groups in total. The second-order valence-corrected chi connectivity index (χ2v) is 5.93. The fourth-order valence-electron chi connectivity index (χ4n) is 2.49. The first-order valence-electron chi connectivity index (χ1n) is 6.17. The average Bonchev–Trinajstić information content (AvgIpc) is 2.78. The minimum atomic E-state index is -0.336. The van der Waals surface area contributed by atoms with Gasteiger partial charge in [-0.25, -0.2) is 0 Å². The number of thiophene rings is 1. The Morgan fingerprint density at radius 1 is 1.65 bits per heavy atom. The zero-order valence-corrected chi connectivity index (χ0v) is 11.1. The topological polar surface area (TPSA) is 55.1 Å². The Morgan fingerprint density at radius 3 is 3.12 bits per heavy atom. The number of carbonyl (C=O) groups excluding carboxylic acids is 1. The van der Waals surface area contributed by atoms with Gasteiger partial charge in [-0.1, -0.05) is 12.8 Å². The van der Waals surface area contributed by atoms with Crippen LogP contribution < -0.4 is 11.1 Å². The normalized spacial score (nSPS) is 28.9. The monoisotopic (exact) mass is 252 g/mol. The molecule has 3 nitrogen and oxygen atoms in total. The molecule has 0 aromatic carbocycles. The van der Waals surface area contributed by atoms with Crippen LogP contribution in [0.4, 0.5) is 0 Å². The minimum Gasteiger partial charge on any atom is -0.352 e. The molecule has 1 aromatic heterocycles. The molecule has 4 heteroatoms. The van der Waals surface area contributed by atoms with Crippen molar-refractivity contribution in [2.45, 2.75) is 44.7 Å². The molecule has 1 heterocycles. The van der Waals surface area contributed by atoms with Gasteiger partial charge >= 0.3 is 0 Å². The van der Waals surface area contributed by atoms with Gasteiger partial charge in [-0.2, -0.15) is 11.3 Å². The van der Waals surface area contributed by atoms with E-state index in [1.54, 1.807) is 11.3 Å². The Kier molecular flexibility index (Phi) is 3.84. The zero-order chi connectivity index (χ0) is 12.3. The van der Waals surface area contributed by atoms with E-state index in [4.69, 9.17) is 5.73 Å². The highest BCUT2D eigenvalue weighted by Gasteiger charge is 2.37. The highest BCUT2D eigenvalue weighted by atomic mass is 32.1. The maximum absolute atomic E-state index is 12.1. The van der Waals surface area contributed by atoms with Crippen molar-refractivity contribution in [3.8, 4) is 0 Å². The summed E-state index contributed by atoms with van der Waals surface area (Å²) in [6.45, 7) is 2.62. The van der Waals surface area contributed by atoms with E-state index in [1.807, 2.05) is 18.4 Å². The van der Waals surface area contributed by atoms with Gasteiger partial charge < -0.3 is 11.1 Å². The number of hydrogen-bond donors (Lipinski definition) is 2. The van der Waals surface area contributed by atoms with Gasteiger partial charge in [0.25, 0.3) is 0 Å². The van der Waals surface area contributed by atoms with Crippen LogP contribution in [0.1, 0.15) is 38.2 Å². The lowest BCUT2D eigenvalue weighted by Crippen LogP contribution is -2.52. The largest absolute Gasteiger partial charge is 0.352 e. The van der Waals surface area contributed by atoms with Gasteiger partial charge in [0.1, 0.15) is 0 Å². The Balaban J connectivity index is 1.90. The Labute approximate surface area is 106 Å². The minimum absolute atomic E-state index is 0.0325. The first kappa shape index (κ1) is 12.6. The molecule has 1 saturated carbocycles. The lowest BCUT2D eigenvalue weighted by molar-refractivity contribution is -0.128. The maximum atomic E-state index is 12.1. The molecule has 0 bridgehead atoms. The van der Waals surface area contributed by atoms with E-state index in [9.17, 15) is 4.79 Å². The molecule has 0 aliphatic heterocycles. The molecular weight excluding hydrogens is 232 g/mol. The average molecular weight is 252 g/mol. The van der Waals surface area contributed by atoms with Crippen LogP contribution in [-0.2, 0) is 11.3 Å². The smallest absolute Gasteiger partial charge is 0.225 e. The van der Waals surface area contributed by atoms with Gasteiger partial charge in [-0.15, -0.1) is 0 Å². The second kappa shape index (κ2) is 5.19. The molecule has 1 aliphatic carbocycles. The van der Waals surface area contributed by atoms with E-state index < -0.39 is 0 Å². The highest BCUT2D eigenvalue weighted by Crippen LogP contribution is 2.31. The van der Waals surface area contributed by atoms with Crippen molar-refractivity contribution in [3.05, 3.63) is 22.4 Å². The SMILES string of the molecule is CC1(N)CCCCC1C(=O)NCc1ccsc1. The standard InChI is InChI=1S/C13H20N2OS/c1-13(14)6-3-2-4-11(13)12(16)15-8-10-5-7-17-9-10/h5,7,9,11H,2-4,6,8,14H2,1H3,(H,15,16). The summed E-state index contributed by atoms with van der Waals surface area (Å²) in [5, 5.41) is 7.08. The van der Waals surface area contributed by atoms with Crippen LogP contribution in [0.15, 0.2) is 16.8 Å². The molecule has 0 spiro atoms. The van der Waals surface area contributed by atoms with Gasteiger partial charge in [-0.05, 0) is 42.2 Å². The Bertz CT molecular complexity index is 373. The van der Waals surface area contributed by atoms with Crippen molar-refractivity contribution in [2.75, 3.05) is 0 Å². The first-order valence-corrected chi connectivity index (χ1v) is 7.11. The molecule has 1 aromatic rings. The summed E-state index contributed by atoms with van der Waals surface area (Å²) in [5.74, 6) is 0.0794. The number of nitrogens with one attached hydrogen (secondary N) is 1. The molecule has 94 valence electrons. The van der Waals surface area contributed by atoms with Crippen molar-refractivity contribution in [1.29, 1.82) is 0 Å². The van der Waals surface area contributed by atoms with Gasteiger partial charge in [-0.3, -0.25) is 4.79 Å². The van der Waals surface area contributed by atoms with Crippen LogP contribution >= 0.6 is 11.3 Å². The second-order valence-electron chi connectivity index (χ2n) is 5.15. The molecule has 17 heavy (non-hydrogen) atoms. The number of nitrogens with two attached hydrogens (primary N) is 1. The summed E-state index contributed by atoms with van der Waals surface area (Å²) >= 11 is 1.65. The Morgan fingerprint density at radius 2 is 2.47 bits per heavy atom. The van der Waals surface area contributed by atoms with Crippen LogP contribution in [-0.4, -0.2) is 11.4 Å². The van der Waals surface area contributed by atoms with Crippen LogP contribution in [0.2, 0.25) is 0 Å². The van der Waals surface area contributed by atoms with E-state index in [0.717, 1.165) is 31.2 Å². The molecule has 0 saturated heterocycles. The summed E-state index contributed by atoms with van der Waals surface area (Å²) in [4.78, 5) is 12.1. The first-order chi connectivity index (χ1) is 8.09. The molecular formula is C13H20N2OS. The predicted molar refractivity (Wildman–Crippen MR) is 70.7 cm³/mol. The third kappa shape index (κ3) is 3.07. The van der Waals surface area contributed by atoms with Gasteiger partial charge in [0.05, 0.1) is 5.92 Å². The van der Waals surface area contributed by atoms with Crippen LogP contribution in [0, 0.1) is 5.92 Å². The molecule has 2 rings (SSSR count). The van der Waals surface area contributed by atoms with Crippen LogP contribution in [0.5, 0.6) is 0 Å². The summed E-state index contributed by atoms with van der Waals surface area (Å²) in [6.07, 6.45) is 4.12. The molecule has 1 aliphatic rings. The third-order valence-corrected chi connectivity index (χ3v) is 4.35. The number of hydrogen-bond acceptors (Lipinski definition) is 3. The molecule has 0 radical (unpaired) electrons. The zero-order valence-electron chi connectivity index (χ0n) is 10.2. The summed E-state index contributed by atoms with van der Waals surface area (Å²) < 4.78 is 0. The quantitative estimate of drug-likeness (QED) is 0.867. The molecule has 2 atom stereocenters. The van der Waals surface area contributed by atoms with Crippen molar-refractivity contribution < 1.29 is 4.79 Å². The van der Waals surface area contributed by atoms with Gasteiger partial charge in [0.15, 0.2) is 0 Å². The number of rotatable bonds is 3. The predicted octanol–water partition coefficient (Wildman–Crippen LogP) is 2.27. The summed E-state index contributed by atoms with van der Waals surface area (Å²) in [7, 11) is 0. The Hall–Kier alpha value is -0.870. The molecule has 2 unspecified atom stereocenters. The highest BCUT2D eigenvalue weighted by molar-refractivity contribution is 7.07. The van der Waals surface area contributed by atoms with Crippen molar-refractivity contribution in [3.63, 3.8) is 0 Å². The summed E-state index contributed by atoms with van der Waals surface area (Å²) in [5.41, 5.74) is 7.04. The van der Waals surface area contributed by atoms with Crippen molar-refractivity contribution in [2.24, 2.45) is 11.7 Å². The van der Waals surface area contributed by atoms with E-state index in [0.29, 0.717) is 6.54 Å². The van der Waals surface area contributed by atoms with Crippen molar-refractivity contribution in [1.82, 2.24) is 5.32 Å². The lowest BCUT2D eigenvalue weighted by Gasteiger charge is -2.37. The molecule has 1 fully saturated rings. The maximum Gasteiger partial charge on any atom is 0.225 e. The molecule has 1 amide bonds. The van der Waals surface area contributed by atoms with Crippen LogP contribution in [0.3, 0.4) is 0 Å². The fraction of sp³-hybridized carbons (Fsp3) is 0.615. The fourth-order valence-corrected chi connectivity index (χ4v) is 3.16. The number of carbonyl (C=O) groups is 1. The van der Waals surface area contributed by atoms with E-state index >= 15 is 0 Å². The van der Waals surface area contributed by atoms with Gasteiger partial charge in [0.2, 0.25) is 5.91 Å². The van der Waals surface area contributed by atoms with E-state index in [1.165, 1.54) is 0 Å².